The summed E-state index contributed by atoms with van der Waals surface area (Å²) in [5, 5.41) is 5.02. The van der Waals surface area contributed by atoms with Gasteiger partial charge in [0, 0.05) is 11.4 Å². The fourth-order valence-corrected chi connectivity index (χ4v) is 4.61. The third kappa shape index (κ3) is 5.77. The number of carbonyl (C=O) groups is 2. The smallest absolute Gasteiger partial charge is 0.311 e. The van der Waals surface area contributed by atoms with Crippen molar-refractivity contribution in [2.45, 2.75) is 56.8 Å². The Morgan fingerprint density at radius 2 is 2.21 bits per heavy atom. The maximum absolute atomic E-state index is 12.2. The van der Waals surface area contributed by atoms with Gasteiger partial charge in [-0.2, -0.15) is 0 Å². The number of amides is 1. The van der Waals surface area contributed by atoms with E-state index in [1.54, 1.807) is 6.92 Å². The van der Waals surface area contributed by atoms with Crippen LogP contribution in [0, 0.1) is 11.8 Å². The summed E-state index contributed by atoms with van der Waals surface area (Å²) in [5.41, 5.74) is 0.705. The van der Waals surface area contributed by atoms with Crippen LogP contribution in [-0.2, 0) is 20.7 Å². The van der Waals surface area contributed by atoms with Gasteiger partial charge in [-0.05, 0) is 25.2 Å². The molecule has 0 aliphatic heterocycles. The highest BCUT2D eigenvalue weighted by molar-refractivity contribution is 8.01. The summed E-state index contributed by atoms with van der Waals surface area (Å²) in [6.07, 6.45) is 3.70. The molecule has 0 saturated heterocycles. The molecule has 1 aromatic rings. The number of nitrogens with zero attached hydrogens (tertiary/aromatic N) is 1. The van der Waals surface area contributed by atoms with Gasteiger partial charge in [0.15, 0.2) is 4.34 Å². The number of aromatic nitrogens is 1. The third-order valence-corrected chi connectivity index (χ3v) is 6.61. The van der Waals surface area contributed by atoms with Crippen molar-refractivity contribution in [3.8, 4) is 0 Å². The Bertz CT molecular complexity index is 562. The number of rotatable bonds is 7. The Hall–Kier alpha value is -1.08. The Balaban J connectivity index is 1.75. The minimum Gasteiger partial charge on any atom is -0.466 e. The van der Waals surface area contributed by atoms with Crippen LogP contribution >= 0.6 is 23.1 Å². The highest BCUT2D eigenvalue weighted by Gasteiger charge is 2.28. The summed E-state index contributed by atoms with van der Waals surface area (Å²) in [7, 11) is 0. The number of nitrogens with one attached hydrogen (secondary N) is 1. The SMILES string of the molecule is CCOC(=O)Cc1csc(SCC(=O)N[C@@H]2CCC[C@@H](C)[C@H]2C)n1. The van der Waals surface area contributed by atoms with Crippen LogP contribution in [-0.4, -0.2) is 35.3 Å². The molecule has 24 heavy (non-hydrogen) atoms. The monoisotopic (exact) mass is 370 g/mol. The molecule has 0 unspecified atom stereocenters. The second-order valence-corrected chi connectivity index (χ2v) is 8.40. The van der Waals surface area contributed by atoms with Crippen molar-refractivity contribution in [1.29, 1.82) is 0 Å². The van der Waals surface area contributed by atoms with Gasteiger partial charge >= 0.3 is 5.97 Å². The zero-order valence-corrected chi connectivity index (χ0v) is 16.2. The molecule has 1 heterocycles. The summed E-state index contributed by atoms with van der Waals surface area (Å²) in [4.78, 5) is 28.0. The van der Waals surface area contributed by atoms with Gasteiger partial charge in [0.05, 0.1) is 24.5 Å². The zero-order chi connectivity index (χ0) is 17.5. The van der Waals surface area contributed by atoms with Crippen molar-refractivity contribution in [1.82, 2.24) is 10.3 Å². The fraction of sp³-hybridized carbons (Fsp3) is 0.706. The van der Waals surface area contributed by atoms with Gasteiger partial charge in [0.25, 0.3) is 0 Å². The lowest BCUT2D eigenvalue weighted by atomic mass is 9.78. The molecule has 1 fully saturated rings. The summed E-state index contributed by atoms with van der Waals surface area (Å²) in [6, 6.07) is 0.289. The van der Waals surface area contributed by atoms with Gasteiger partial charge in [-0.3, -0.25) is 9.59 Å². The Morgan fingerprint density at radius 3 is 2.96 bits per heavy atom. The van der Waals surface area contributed by atoms with E-state index in [9.17, 15) is 9.59 Å². The molecule has 1 amide bonds. The molecule has 0 spiro atoms. The highest BCUT2D eigenvalue weighted by Crippen LogP contribution is 2.29. The minimum absolute atomic E-state index is 0.0630. The quantitative estimate of drug-likeness (QED) is 0.589. The molecule has 7 heteroatoms. The first-order valence-electron chi connectivity index (χ1n) is 8.51. The summed E-state index contributed by atoms with van der Waals surface area (Å²) in [6.45, 7) is 6.65. The van der Waals surface area contributed by atoms with Crippen LogP contribution in [0.25, 0.3) is 0 Å². The van der Waals surface area contributed by atoms with Crippen molar-refractivity contribution >= 4 is 35.0 Å². The Morgan fingerprint density at radius 1 is 1.42 bits per heavy atom. The van der Waals surface area contributed by atoms with Crippen LogP contribution in [0.5, 0.6) is 0 Å². The first kappa shape index (κ1) is 19.2. The summed E-state index contributed by atoms with van der Waals surface area (Å²) < 4.78 is 5.73. The molecule has 1 saturated carbocycles. The first-order valence-corrected chi connectivity index (χ1v) is 10.4. The molecule has 134 valence electrons. The van der Waals surface area contributed by atoms with Crippen LogP contribution < -0.4 is 5.32 Å². The van der Waals surface area contributed by atoms with Gasteiger partial charge in [-0.25, -0.2) is 4.98 Å². The molecular weight excluding hydrogens is 344 g/mol. The number of thiazole rings is 1. The van der Waals surface area contributed by atoms with Crippen molar-refractivity contribution in [2.75, 3.05) is 12.4 Å². The van der Waals surface area contributed by atoms with E-state index in [0.29, 0.717) is 29.9 Å². The number of ether oxygens (including phenoxy) is 1. The fourth-order valence-electron chi connectivity index (χ4n) is 2.96. The van der Waals surface area contributed by atoms with Crippen molar-refractivity contribution < 1.29 is 14.3 Å². The van der Waals surface area contributed by atoms with E-state index in [1.807, 2.05) is 5.38 Å². The topological polar surface area (TPSA) is 68.3 Å². The van der Waals surface area contributed by atoms with E-state index in [1.165, 1.54) is 35.9 Å². The maximum atomic E-state index is 12.2. The molecular formula is C17H26N2O3S2. The van der Waals surface area contributed by atoms with Crippen LogP contribution in [0.3, 0.4) is 0 Å². The largest absolute Gasteiger partial charge is 0.466 e. The van der Waals surface area contributed by atoms with Gasteiger partial charge in [0.2, 0.25) is 5.91 Å². The standard InChI is InChI=1S/C17H26N2O3S2/c1-4-22-16(21)8-13-9-23-17(18-13)24-10-15(20)19-14-7-5-6-11(2)12(14)3/h9,11-12,14H,4-8,10H2,1-3H3,(H,19,20)/t11-,12-,14-/m1/s1. The van der Waals surface area contributed by atoms with Crippen LogP contribution in [0.15, 0.2) is 9.72 Å². The molecule has 3 atom stereocenters. The summed E-state index contributed by atoms with van der Waals surface area (Å²) >= 11 is 2.89. The second-order valence-electron chi connectivity index (χ2n) is 6.32. The lowest BCUT2D eigenvalue weighted by molar-refractivity contribution is -0.142. The molecule has 1 N–H and O–H groups in total. The van der Waals surface area contributed by atoms with E-state index in [4.69, 9.17) is 4.74 Å². The zero-order valence-electron chi connectivity index (χ0n) is 14.5. The van der Waals surface area contributed by atoms with Gasteiger partial charge in [-0.15, -0.1) is 11.3 Å². The molecule has 0 bridgehead atoms. The average molecular weight is 371 g/mol. The van der Waals surface area contributed by atoms with Gasteiger partial charge in [-0.1, -0.05) is 38.5 Å². The number of hydrogen-bond donors (Lipinski definition) is 1. The minimum atomic E-state index is -0.266. The average Bonchev–Trinajstić information content (AvgIpc) is 2.97. The number of thioether (sulfide) groups is 1. The Kier molecular flexibility index (Phi) is 7.55. The number of carbonyl (C=O) groups excluding carboxylic acids is 2. The van der Waals surface area contributed by atoms with E-state index < -0.39 is 0 Å². The maximum Gasteiger partial charge on any atom is 0.311 e. The number of hydrogen-bond acceptors (Lipinski definition) is 6. The van der Waals surface area contributed by atoms with E-state index in [2.05, 4.69) is 24.1 Å². The highest BCUT2D eigenvalue weighted by atomic mass is 32.2. The molecule has 1 aliphatic rings. The molecule has 5 nitrogen and oxygen atoms in total. The Labute approximate surface area is 152 Å². The molecule has 0 aromatic carbocycles. The third-order valence-electron chi connectivity index (χ3n) is 4.54. The summed E-state index contributed by atoms with van der Waals surface area (Å²) in [5.74, 6) is 1.36. The number of esters is 1. The van der Waals surface area contributed by atoms with E-state index in [-0.39, 0.29) is 24.3 Å². The van der Waals surface area contributed by atoms with E-state index in [0.717, 1.165) is 10.8 Å². The normalized spacial score (nSPS) is 23.7. The van der Waals surface area contributed by atoms with Crippen LogP contribution in [0.1, 0.15) is 45.7 Å². The second kappa shape index (κ2) is 9.42. The van der Waals surface area contributed by atoms with Crippen LogP contribution in [0.4, 0.5) is 0 Å². The van der Waals surface area contributed by atoms with Crippen molar-refractivity contribution in [2.24, 2.45) is 11.8 Å². The van der Waals surface area contributed by atoms with Crippen LogP contribution in [0.2, 0.25) is 0 Å². The lowest BCUT2D eigenvalue weighted by Gasteiger charge is -2.34. The van der Waals surface area contributed by atoms with Gasteiger partial charge in [0.1, 0.15) is 0 Å². The molecule has 1 aromatic heterocycles. The molecule has 0 radical (unpaired) electrons. The molecule has 2 rings (SSSR count). The van der Waals surface area contributed by atoms with E-state index >= 15 is 0 Å². The predicted octanol–water partition coefficient (Wildman–Crippen LogP) is 3.28. The predicted molar refractivity (Wildman–Crippen MR) is 97.3 cm³/mol. The molecule has 1 aliphatic carbocycles. The van der Waals surface area contributed by atoms with Crippen molar-refractivity contribution in [3.05, 3.63) is 11.1 Å². The lowest BCUT2D eigenvalue weighted by Crippen LogP contribution is -2.44. The first-order chi connectivity index (χ1) is 11.5. The van der Waals surface area contributed by atoms with Gasteiger partial charge < -0.3 is 10.1 Å². The van der Waals surface area contributed by atoms with Crippen molar-refractivity contribution in [3.63, 3.8) is 0 Å².